The number of H-pyrrole nitrogens is 2. The summed E-state index contributed by atoms with van der Waals surface area (Å²) in [5.41, 5.74) is 2.07. The summed E-state index contributed by atoms with van der Waals surface area (Å²) in [4.78, 5) is 37.0. The molecule has 0 atom stereocenters. The number of benzene rings is 2. The lowest BCUT2D eigenvalue weighted by Gasteiger charge is -2.09. The second-order valence-electron chi connectivity index (χ2n) is 7.79. The summed E-state index contributed by atoms with van der Waals surface area (Å²) in [5, 5.41) is 11.4. The number of fused-ring (bicyclic) bond motifs is 1. The van der Waals surface area contributed by atoms with E-state index in [1.165, 1.54) is 17.7 Å². The Morgan fingerprint density at radius 1 is 1.08 bits per heavy atom. The van der Waals surface area contributed by atoms with E-state index in [0.717, 1.165) is 22.4 Å². The van der Waals surface area contributed by atoms with E-state index in [0.29, 0.717) is 35.2 Å². The number of carbonyl (C=O) groups is 1. The summed E-state index contributed by atoms with van der Waals surface area (Å²) in [6.45, 7) is 0.829. The maximum atomic E-state index is 12.9. The third-order valence-corrected chi connectivity index (χ3v) is 6.27. The van der Waals surface area contributed by atoms with Gasteiger partial charge in [-0.15, -0.1) is 11.3 Å². The zero-order valence-corrected chi connectivity index (χ0v) is 20.5. The number of thiophene rings is 1. The fourth-order valence-corrected chi connectivity index (χ4v) is 4.56. The van der Waals surface area contributed by atoms with Crippen molar-refractivity contribution in [3.05, 3.63) is 82.0 Å². The normalized spacial score (nSPS) is 10.8. The summed E-state index contributed by atoms with van der Waals surface area (Å²) in [5.74, 6) is 0.830. The first-order valence-electron chi connectivity index (χ1n) is 11.2. The van der Waals surface area contributed by atoms with Gasteiger partial charge in [-0.3, -0.25) is 9.59 Å². The van der Waals surface area contributed by atoms with Crippen molar-refractivity contribution >= 4 is 27.5 Å². The smallest absolute Gasteiger partial charge is 0.312 e. The number of nitrogens with one attached hydrogen (secondary N) is 3. The van der Waals surface area contributed by atoms with Gasteiger partial charge in [0.15, 0.2) is 0 Å². The highest BCUT2D eigenvalue weighted by atomic mass is 32.1. The number of methoxy groups -OCH3 is 1. The highest BCUT2D eigenvalue weighted by molar-refractivity contribution is 7.17. The first-order valence-corrected chi connectivity index (χ1v) is 12.1. The molecule has 188 valence electrons. The molecule has 3 N–H and O–H groups in total. The van der Waals surface area contributed by atoms with Crippen LogP contribution >= 0.6 is 11.3 Å². The maximum Gasteiger partial charge on any atom is 0.312 e. The van der Waals surface area contributed by atoms with Crippen molar-refractivity contribution in [2.45, 2.75) is 6.54 Å². The fraction of sp³-hybridized carbons (Fsp3) is 0.160. The van der Waals surface area contributed by atoms with Gasteiger partial charge in [-0.25, -0.2) is 10.1 Å². The van der Waals surface area contributed by atoms with Crippen LogP contribution in [0, 0.1) is 0 Å². The summed E-state index contributed by atoms with van der Waals surface area (Å²) in [7, 11) is 1.60. The van der Waals surface area contributed by atoms with Crippen LogP contribution in [0.25, 0.3) is 21.3 Å². The van der Waals surface area contributed by atoms with Crippen LogP contribution in [0.1, 0.15) is 16.2 Å². The number of rotatable bonds is 10. The molecule has 0 unspecified atom stereocenters. The lowest BCUT2D eigenvalue weighted by atomic mass is 10.1. The molecule has 3 heterocycles. The molecule has 0 spiro atoms. The molecule has 0 saturated heterocycles. The Morgan fingerprint density at radius 3 is 2.70 bits per heavy atom. The van der Waals surface area contributed by atoms with E-state index in [9.17, 15) is 9.59 Å². The summed E-state index contributed by atoms with van der Waals surface area (Å²) < 4.78 is 16.2. The van der Waals surface area contributed by atoms with Crippen molar-refractivity contribution in [1.82, 2.24) is 30.5 Å². The van der Waals surface area contributed by atoms with Crippen molar-refractivity contribution < 1.29 is 19.0 Å². The van der Waals surface area contributed by atoms with Crippen LogP contribution in [0.15, 0.2) is 65.0 Å². The monoisotopic (exact) mass is 518 g/mol. The van der Waals surface area contributed by atoms with Crippen LogP contribution in [0.4, 0.5) is 0 Å². The molecule has 0 aliphatic carbocycles. The van der Waals surface area contributed by atoms with Gasteiger partial charge in [-0.05, 0) is 35.4 Å². The summed E-state index contributed by atoms with van der Waals surface area (Å²) in [6, 6.07) is 15.0. The zero-order valence-electron chi connectivity index (χ0n) is 19.7. The molecule has 0 radical (unpaired) electrons. The van der Waals surface area contributed by atoms with Gasteiger partial charge in [-0.2, -0.15) is 10.1 Å². The van der Waals surface area contributed by atoms with Crippen LogP contribution in [0.3, 0.4) is 0 Å². The van der Waals surface area contributed by atoms with Crippen LogP contribution < -0.4 is 25.1 Å². The molecule has 5 rings (SSSR count). The molecule has 5 aromatic rings. The van der Waals surface area contributed by atoms with Crippen LogP contribution in [-0.4, -0.2) is 51.4 Å². The topological polar surface area (TPSA) is 144 Å². The van der Waals surface area contributed by atoms with Crippen LogP contribution in [-0.2, 0) is 6.54 Å². The zero-order chi connectivity index (χ0) is 25.6. The minimum atomic E-state index is -0.481. The first kappa shape index (κ1) is 24.0. The average Bonchev–Trinajstić information content (AvgIpc) is 3.60. The maximum absolute atomic E-state index is 12.9. The molecule has 37 heavy (non-hydrogen) atoms. The number of carbonyl (C=O) groups excluding carboxylic acids is 1. The standard InChI is InChI=1S/C25H22N6O5S/c1-34-17-7-5-16(6-8-17)19-13-37-24-20(19)22(32)29-21(30-24)23(33)26-12-15-3-2-4-18(11-15)35-9-10-36-25-27-14-28-31-25/h2-8,11,13-14H,9-10,12H2,1H3,(H,26,33)(H,27,28,31)(H,29,30,32). The van der Waals surface area contributed by atoms with Gasteiger partial charge in [0.1, 0.15) is 35.9 Å². The molecule has 11 nitrogen and oxygen atoms in total. The molecule has 3 aromatic heterocycles. The largest absolute Gasteiger partial charge is 0.497 e. The van der Waals surface area contributed by atoms with Crippen molar-refractivity contribution in [2.75, 3.05) is 20.3 Å². The Kier molecular flexibility index (Phi) is 7.08. The van der Waals surface area contributed by atoms with Gasteiger partial charge in [-0.1, -0.05) is 24.3 Å². The number of aromatic amines is 2. The predicted octanol–water partition coefficient (Wildman–Crippen LogP) is 3.17. The Morgan fingerprint density at radius 2 is 1.92 bits per heavy atom. The minimum Gasteiger partial charge on any atom is -0.497 e. The Bertz CT molecular complexity index is 1560. The van der Waals surface area contributed by atoms with E-state index in [1.54, 1.807) is 7.11 Å². The van der Waals surface area contributed by atoms with Gasteiger partial charge < -0.3 is 24.5 Å². The second kappa shape index (κ2) is 10.9. The van der Waals surface area contributed by atoms with Crippen molar-refractivity contribution in [3.63, 3.8) is 0 Å². The molecule has 12 heteroatoms. The molecular formula is C25H22N6O5S. The number of hydrogen-bond donors (Lipinski definition) is 3. The van der Waals surface area contributed by atoms with E-state index in [-0.39, 0.29) is 17.9 Å². The lowest BCUT2D eigenvalue weighted by Crippen LogP contribution is -2.27. The lowest BCUT2D eigenvalue weighted by molar-refractivity contribution is 0.0940. The molecule has 0 bridgehead atoms. The van der Waals surface area contributed by atoms with Gasteiger partial charge in [0.25, 0.3) is 11.5 Å². The quantitative estimate of drug-likeness (QED) is 0.239. The third-order valence-electron chi connectivity index (χ3n) is 5.40. The van der Waals surface area contributed by atoms with E-state index in [2.05, 4.69) is 30.5 Å². The van der Waals surface area contributed by atoms with Crippen molar-refractivity contribution in [1.29, 1.82) is 0 Å². The van der Waals surface area contributed by atoms with Gasteiger partial charge in [0.05, 0.1) is 12.5 Å². The average molecular weight is 519 g/mol. The van der Waals surface area contributed by atoms with Crippen molar-refractivity contribution in [2.24, 2.45) is 0 Å². The SMILES string of the molecule is COc1ccc(-c2csc3nc(C(=O)NCc4cccc(OCCOc5ncn[nH]5)c4)[nH]c(=O)c23)cc1. The molecular weight excluding hydrogens is 496 g/mol. The number of ether oxygens (including phenoxy) is 3. The first-order chi connectivity index (χ1) is 18.1. The molecule has 0 aliphatic rings. The number of nitrogens with zero attached hydrogens (tertiary/aromatic N) is 3. The number of hydrogen-bond acceptors (Lipinski definition) is 9. The minimum absolute atomic E-state index is 0.0439. The van der Waals surface area contributed by atoms with Crippen molar-refractivity contribution in [3.8, 4) is 28.6 Å². The van der Waals surface area contributed by atoms with E-state index < -0.39 is 5.91 Å². The fourth-order valence-electron chi connectivity index (χ4n) is 3.61. The van der Waals surface area contributed by atoms with Gasteiger partial charge >= 0.3 is 6.01 Å². The predicted molar refractivity (Wildman–Crippen MR) is 137 cm³/mol. The molecule has 0 fully saturated rings. The molecule has 0 saturated carbocycles. The number of aromatic nitrogens is 5. The molecule has 0 aliphatic heterocycles. The Balaban J connectivity index is 1.22. The Hall–Kier alpha value is -4.71. The highest BCUT2D eigenvalue weighted by Gasteiger charge is 2.16. The van der Waals surface area contributed by atoms with E-state index >= 15 is 0 Å². The second-order valence-corrected chi connectivity index (χ2v) is 8.65. The van der Waals surface area contributed by atoms with Gasteiger partial charge in [0.2, 0.25) is 5.82 Å². The number of amides is 1. The third kappa shape index (κ3) is 5.59. The van der Waals surface area contributed by atoms with Gasteiger partial charge in [0, 0.05) is 17.5 Å². The van der Waals surface area contributed by atoms with Crippen LogP contribution in [0.2, 0.25) is 0 Å². The molecule has 1 amide bonds. The Labute approximate surface area is 214 Å². The van der Waals surface area contributed by atoms with Crippen LogP contribution in [0.5, 0.6) is 17.5 Å². The van der Waals surface area contributed by atoms with E-state index in [1.807, 2.05) is 53.9 Å². The highest BCUT2D eigenvalue weighted by Crippen LogP contribution is 2.31. The summed E-state index contributed by atoms with van der Waals surface area (Å²) in [6.07, 6.45) is 1.36. The molecule has 2 aromatic carbocycles. The summed E-state index contributed by atoms with van der Waals surface area (Å²) >= 11 is 1.31. The van der Waals surface area contributed by atoms with E-state index in [4.69, 9.17) is 14.2 Å².